The van der Waals surface area contributed by atoms with Crippen molar-refractivity contribution < 1.29 is 23.4 Å². The highest BCUT2D eigenvalue weighted by Gasteiger charge is 2.46. The summed E-state index contributed by atoms with van der Waals surface area (Å²) in [5.74, 6) is 0.0776. The van der Waals surface area contributed by atoms with E-state index < -0.39 is 11.4 Å². The lowest BCUT2D eigenvalue weighted by molar-refractivity contribution is -0.0366. The van der Waals surface area contributed by atoms with Crippen LogP contribution in [0.5, 0.6) is 6.01 Å². The number of fused-ring (bicyclic) bond motifs is 5. The number of piperazine rings is 1. The molecule has 5 fully saturated rings. The molecule has 0 saturated carbocycles. The summed E-state index contributed by atoms with van der Waals surface area (Å²) in [5, 5.41) is 6.12. The summed E-state index contributed by atoms with van der Waals surface area (Å²) in [6.07, 6.45) is 12.3. The molecule has 3 unspecified atom stereocenters. The van der Waals surface area contributed by atoms with E-state index in [2.05, 4.69) is 15.9 Å². The van der Waals surface area contributed by atoms with Crippen molar-refractivity contribution in [2.75, 3.05) is 44.3 Å². The maximum Gasteiger partial charge on any atom is 0.410 e. The summed E-state index contributed by atoms with van der Waals surface area (Å²) >= 11 is 0. The minimum absolute atomic E-state index is 0.0228. The van der Waals surface area contributed by atoms with Gasteiger partial charge in [-0.25, -0.2) is 13.9 Å². The molecule has 5 aliphatic heterocycles. The number of carbonyl (C=O) groups is 1. The molecule has 0 radical (unpaired) electrons. The zero-order chi connectivity index (χ0) is 36.6. The fraction of sp³-hybridized carbons (Fsp3) is 0.625. The molecule has 12 nitrogen and oxygen atoms in total. The van der Waals surface area contributed by atoms with E-state index in [0.717, 1.165) is 92.9 Å². The largest absolute Gasteiger partial charge is 0.461 e. The number of amides is 1. The molecule has 53 heavy (non-hydrogen) atoms. The van der Waals surface area contributed by atoms with Crippen LogP contribution < -0.4 is 9.64 Å². The summed E-state index contributed by atoms with van der Waals surface area (Å²) in [4.78, 5) is 34.6. The number of halogens is 1. The van der Waals surface area contributed by atoms with Gasteiger partial charge in [0.25, 0.3) is 0 Å². The van der Waals surface area contributed by atoms with Gasteiger partial charge in [-0.05, 0) is 123 Å². The lowest BCUT2D eigenvalue weighted by atomic mass is 9.95. The van der Waals surface area contributed by atoms with E-state index >= 15 is 4.39 Å². The van der Waals surface area contributed by atoms with Crippen molar-refractivity contribution in [2.24, 2.45) is 0 Å². The van der Waals surface area contributed by atoms with Crippen molar-refractivity contribution in [2.45, 2.75) is 122 Å². The molecular weight excluding hydrogens is 675 g/mol. The Labute approximate surface area is 310 Å². The molecule has 13 heteroatoms. The van der Waals surface area contributed by atoms with E-state index in [9.17, 15) is 4.79 Å². The van der Waals surface area contributed by atoms with Crippen molar-refractivity contribution >= 4 is 33.7 Å². The normalized spacial score (nSPS) is 24.4. The van der Waals surface area contributed by atoms with Crippen molar-refractivity contribution in [1.29, 1.82) is 0 Å². The third-order valence-electron chi connectivity index (χ3n) is 12.4. The smallest absolute Gasteiger partial charge is 0.410 e. The number of aromatic nitrogens is 5. The van der Waals surface area contributed by atoms with E-state index in [0.29, 0.717) is 43.1 Å². The first-order valence-electron chi connectivity index (χ1n) is 19.6. The molecule has 5 aliphatic rings. The quantitative estimate of drug-likeness (QED) is 0.204. The Morgan fingerprint density at radius 1 is 1.00 bits per heavy atom. The van der Waals surface area contributed by atoms with E-state index in [4.69, 9.17) is 34.3 Å². The average molecular weight is 727 g/mol. The van der Waals surface area contributed by atoms with Gasteiger partial charge < -0.3 is 19.1 Å². The van der Waals surface area contributed by atoms with Crippen molar-refractivity contribution in [3.8, 4) is 17.3 Å². The van der Waals surface area contributed by atoms with Crippen LogP contribution in [0.25, 0.3) is 33.1 Å². The van der Waals surface area contributed by atoms with Crippen molar-refractivity contribution in [1.82, 2.24) is 34.5 Å². The van der Waals surface area contributed by atoms with Gasteiger partial charge in [0.05, 0.1) is 34.7 Å². The SMILES string of the molecule is Cc1cc2c(cnn2C2CCCCO2)c(-c2ncc3c(N4CC5CCC(C4)N5C(=O)OC(C)(C)C)nc(OCC45CCCN4CCC5)nc3c2F)c1C. The molecule has 4 aromatic rings. The third kappa shape index (κ3) is 5.98. The Kier molecular flexibility index (Phi) is 8.52. The molecule has 9 rings (SSSR count). The van der Waals surface area contributed by atoms with E-state index in [-0.39, 0.29) is 47.2 Å². The predicted molar refractivity (Wildman–Crippen MR) is 200 cm³/mol. The van der Waals surface area contributed by atoms with Crippen LogP contribution in [0.4, 0.5) is 15.0 Å². The molecule has 282 valence electrons. The van der Waals surface area contributed by atoms with Crippen molar-refractivity contribution in [3.05, 3.63) is 35.4 Å². The van der Waals surface area contributed by atoms with Crippen LogP contribution in [0.3, 0.4) is 0 Å². The highest BCUT2D eigenvalue weighted by Crippen LogP contribution is 2.42. The Hall–Kier alpha value is -4.10. The van der Waals surface area contributed by atoms with Crippen LogP contribution in [-0.2, 0) is 9.47 Å². The standard InChI is InChI=1S/C40H51FN8O4/c1-24-18-30-28(20-43-49(30)31-10-6-7-17-51-31)32(25(24)2)35-33(41)34-29(19-42-35)36(45-37(44-34)52-23-40-13-8-15-47(40)16-9-14-40)46-21-26-11-12-27(22-46)48(26)38(50)53-39(3,4)5/h18-20,26-27,31H,6-17,21-23H2,1-5H3. The van der Waals surface area contributed by atoms with E-state index in [1.54, 1.807) is 6.20 Å². The van der Waals surface area contributed by atoms with Gasteiger partial charge in [0, 0.05) is 36.8 Å². The van der Waals surface area contributed by atoms with Gasteiger partial charge in [-0.3, -0.25) is 14.8 Å². The van der Waals surface area contributed by atoms with E-state index in [1.807, 2.05) is 50.4 Å². The first kappa shape index (κ1) is 34.7. The predicted octanol–water partition coefficient (Wildman–Crippen LogP) is 7.09. The molecule has 1 amide bonds. The molecule has 0 spiro atoms. The Morgan fingerprint density at radius 2 is 1.75 bits per heavy atom. The van der Waals surface area contributed by atoms with Gasteiger partial charge in [-0.15, -0.1) is 0 Å². The summed E-state index contributed by atoms with van der Waals surface area (Å²) in [7, 11) is 0. The Morgan fingerprint density at radius 3 is 2.45 bits per heavy atom. The van der Waals surface area contributed by atoms with Gasteiger partial charge in [-0.1, -0.05) is 0 Å². The van der Waals surface area contributed by atoms with Gasteiger partial charge in [0.15, 0.2) is 12.0 Å². The zero-order valence-corrected chi connectivity index (χ0v) is 31.7. The molecule has 5 saturated heterocycles. The molecular formula is C40H51FN8O4. The second-order valence-electron chi connectivity index (χ2n) is 16.9. The fourth-order valence-corrected chi connectivity index (χ4v) is 9.72. The molecule has 3 atom stereocenters. The van der Waals surface area contributed by atoms with Crippen LogP contribution >= 0.6 is 0 Å². The number of anilines is 1. The molecule has 2 bridgehead atoms. The maximum absolute atomic E-state index is 17.4. The maximum atomic E-state index is 17.4. The van der Waals surface area contributed by atoms with Gasteiger partial charge in [0.2, 0.25) is 0 Å². The molecule has 0 aliphatic carbocycles. The average Bonchev–Trinajstić information content (AvgIpc) is 3.89. The number of pyridine rings is 1. The zero-order valence-electron chi connectivity index (χ0n) is 31.7. The number of rotatable bonds is 6. The lowest BCUT2D eigenvalue weighted by Crippen LogP contribution is -2.57. The number of hydrogen-bond acceptors (Lipinski definition) is 10. The van der Waals surface area contributed by atoms with Crippen LogP contribution in [0.2, 0.25) is 0 Å². The fourth-order valence-electron chi connectivity index (χ4n) is 9.72. The number of carbonyl (C=O) groups excluding carboxylic acids is 1. The molecule has 1 aromatic carbocycles. The second kappa shape index (κ2) is 13.0. The monoisotopic (exact) mass is 726 g/mol. The summed E-state index contributed by atoms with van der Waals surface area (Å²) < 4.78 is 37.7. The highest BCUT2D eigenvalue weighted by molar-refractivity contribution is 5.99. The van der Waals surface area contributed by atoms with Gasteiger partial charge in [0.1, 0.15) is 29.2 Å². The first-order chi connectivity index (χ1) is 25.5. The summed E-state index contributed by atoms with van der Waals surface area (Å²) in [5.41, 5.74) is 3.38. The summed E-state index contributed by atoms with van der Waals surface area (Å²) in [6.45, 7) is 14.1. The lowest BCUT2D eigenvalue weighted by Gasteiger charge is -2.42. The number of nitrogens with zero attached hydrogens (tertiary/aromatic N) is 8. The number of aryl methyl sites for hydroxylation is 1. The number of hydrogen-bond donors (Lipinski definition) is 0. The molecule has 3 aromatic heterocycles. The third-order valence-corrected chi connectivity index (χ3v) is 12.4. The van der Waals surface area contributed by atoms with Crippen LogP contribution in [0.15, 0.2) is 18.5 Å². The number of ether oxygens (including phenoxy) is 3. The molecule has 8 heterocycles. The van der Waals surface area contributed by atoms with Gasteiger partial charge in [-0.2, -0.15) is 15.1 Å². The highest BCUT2D eigenvalue weighted by atomic mass is 19.1. The Balaban J connectivity index is 1.13. The molecule has 0 N–H and O–H groups in total. The van der Waals surface area contributed by atoms with E-state index in [1.165, 1.54) is 0 Å². The first-order valence-corrected chi connectivity index (χ1v) is 19.6. The minimum Gasteiger partial charge on any atom is -0.461 e. The van der Waals surface area contributed by atoms with Crippen LogP contribution in [0.1, 0.15) is 95.9 Å². The second-order valence-corrected chi connectivity index (χ2v) is 16.9. The summed E-state index contributed by atoms with van der Waals surface area (Å²) in [6, 6.07) is 2.19. The topological polar surface area (TPSA) is 111 Å². The van der Waals surface area contributed by atoms with Crippen LogP contribution in [0, 0.1) is 19.7 Å². The minimum atomic E-state index is -0.582. The van der Waals surface area contributed by atoms with Crippen molar-refractivity contribution in [3.63, 3.8) is 0 Å². The van der Waals surface area contributed by atoms with Gasteiger partial charge >= 0.3 is 12.1 Å². The van der Waals surface area contributed by atoms with Crippen LogP contribution in [-0.4, -0.2) is 103 Å². The Bertz CT molecular complexity index is 2050. The number of benzene rings is 1.